The van der Waals surface area contributed by atoms with Crippen molar-refractivity contribution in [3.8, 4) is 16.9 Å². The van der Waals surface area contributed by atoms with Crippen LogP contribution in [0.3, 0.4) is 0 Å². The summed E-state index contributed by atoms with van der Waals surface area (Å²) in [4.78, 5) is 25.2. The number of carbonyl (C=O) groups is 2. The molecule has 0 N–H and O–H groups in total. The van der Waals surface area contributed by atoms with Crippen molar-refractivity contribution in [3.05, 3.63) is 69.3 Å². The monoisotopic (exact) mass is 418 g/mol. The maximum absolute atomic E-state index is 12.6. The van der Waals surface area contributed by atoms with Crippen LogP contribution >= 0.6 is 23.2 Å². The molecular weight excluding hydrogens is 403 g/mol. The van der Waals surface area contributed by atoms with E-state index in [0.29, 0.717) is 26.9 Å². The zero-order valence-corrected chi connectivity index (χ0v) is 16.8. The Hall–Kier alpha value is -2.83. The molecule has 0 unspecified atom stereocenters. The Morgan fingerprint density at radius 3 is 2.25 bits per heavy atom. The van der Waals surface area contributed by atoms with Crippen LogP contribution in [-0.4, -0.2) is 35.9 Å². The summed E-state index contributed by atoms with van der Waals surface area (Å²) in [6, 6.07) is 12.2. The summed E-state index contributed by atoms with van der Waals surface area (Å²) < 4.78 is 11.1. The maximum Gasteiger partial charge on any atom is 0.357 e. The molecule has 0 radical (unpaired) electrons. The van der Waals surface area contributed by atoms with Gasteiger partial charge in [0.1, 0.15) is 11.3 Å². The van der Waals surface area contributed by atoms with Gasteiger partial charge in [0, 0.05) is 10.6 Å². The summed E-state index contributed by atoms with van der Waals surface area (Å²) in [5.41, 5.74) is 1.73. The molecule has 0 fully saturated rings. The SMILES string of the molecule is COC(=O)c1c(-c2cc(Cl)cc(C)c2Cl)nn(-c2ccccc2)c1C(=O)OC. The second kappa shape index (κ2) is 8.04. The Bertz CT molecular complexity index is 1060. The topological polar surface area (TPSA) is 70.4 Å². The molecule has 0 spiro atoms. The van der Waals surface area contributed by atoms with Crippen LogP contribution in [-0.2, 0) is 9.47 Å². The Balaban J connectivity index is 2.43. The maximum atomic E-state index is 12.6. The molecule has 3 aromatic rings. The fourth-order valence-corrected chi connectivity index (χ4v) is 3.31. The van der Waals surface area contributed by atoms with Crippen LogP contribution in [0.4, 0.5) is 0 Å². The number of benzene rings is 2. The lowest BCUT2D eigenvalue weighted by Gasteiger charge is -2.08. The predicted octanol–water partition coefficient (Wildman–Crippen LogP) is 4.73. The molecule has 0 aliphatic carbocycles. The number of halogens is 2. The molecular formula is C20H16Cl2N2O4. The highest BCUT2D eigenvalue weighted by molar-refractivity contribution is 6.36. The van der Waals surface area contributed by atoms with E-state index in [0.717, 1.165) is 0 Å². The van der Waals surface area contributed by atoms with Gasteiger partial charge in [0.15, 0.2) is 5.69 Å². The van der Waals surface area contributed by atoms with Gasteiger partial charge in [-0.3, -0.25) is 0 Å². The van der Waals surface area contributed by atoms with Gasteiger partial charge in [-0.05, 0) is 36.8 Å². The van der Waals surface area contributed by atoms with Crippen LogP contribution in [0.15, 0.2) is 42.5 Å². The van der Waals surface area contributed by atoms with E-state index in [9.17, 15) is 9.59 Å². The minimum atomic E-state index is -0.744. The first-order chi connectivity index (χ1) is 13.4. The standard InChI is InChI=1S/C20H16Cl2N2O4/c1-11-9-12(21)10-14(16(11)22)17-15(19(25)27-2)18(20(26)28-3)24(23-17)13-7-5-4-6-8-13/h4-10H,1-3H3. The normalized spacial score (nSPS) is 10.6. The Labute approximate surface area is 171 Å². The summed E-state index contributed by atoms with van der Waals surface area (Å²) in [7, 11) is 2.44. The third-order valence-electron chi connectivity index (χ3n) is 4.13. The van der Waals surface area contributed by atoms with Crippen molar-refractivity contribution in [2.45, 2.75) is 6.92 Å². The highest BCUT2D eigenvalue weighted by Gasteiger charge is 2.32. The molecule has 0 saturated carbocycles. The van der Waals surface area contributed by atoms with Gasteiger partial charge in [-0.15, -0.1) is 0 Å². The summed E-state index contributed by atoms with van der Waals surface area (Å²) >= 11 is 12.7. The molecule has 144 valence electrons. The van der Waals surface area contributed by atoms with Gasteiger partial charge in [-0.1, -0.05) is 41.4 Å². The fourth-order valence-electron chi connectivity index (χ4n) is 2.84. The van der Waals surface area contributed by atoms with Gasteiger partial charge in [-0.25, -0.2) is 14.3 Å². The molecule has 28 heavy (non-hydrogen) atoms. The first kappa shape index (κ1) is 19.9. The Kier molecular flexibility index (Phi) is 5.72. The van der Waals surface area contributed by atoms with E-state index in [1.54, 1.807) is 43.3 Å². The van der Waals surface area contributed by atoms with Crippen molar-refractivity contribution in [1.82, 2.24) is 9.78 Å². The lowest BCUT2D eigenvalue weighted by atomic mass is 10.0. The number of hydrogen-bond donors (Lipinski definition) is 0. The second-order valence-electron chi connectivity index (χ2n) is 5.89. The van der Waals surface area contributed by atoms with E-state index < -0.39 is 11.9 Å². The first-order valence-corrected chi connectivity index (χ1v) is 8.95. The average molecular weight is 419 g/mol. The van der Waals surface area contributed by atoms with Crippen LogP contribution in [0.2, 0.25) is 10.0 Å². The van der Waals surface area contributed by atoms with Crippen LogP contribution in [0, 0.1) is 6.92 Å². The van der Waals surface area contributed by atoms with E-state index in [-0.39, 0.29) is 17.0 Å². The molecule has 0 atom stereocenters. The van der Waals surface area contributed by atoms with Gasteiger partial charge in [-0.2, -0.15) is 5.10 Å². The number of para-hydroxylation sites is 1. The highest BCUT2D eigenvalue weighted by Crippen LogP contribution is 2.37. The minimum Gasteiger partial charge on any atom is -0.465 e. The summed E-state index contributed by atoms with van der Waals surface area (Å²) in [5.74, 6) is -1.48. The number of ether oxygens (including phenoxy) is 2. The summed E-state index contributed by atoms with van der Waals surface area (Å²) in [6.07, 6.45) is 0. The molecule has 1 aromatic heterocycles. The van der Waals surface area contributed by atoms with Crippen LogP contribution in [0.25, 0.3) is 16.9 Å². The quantitative estimate of drug-likeness (QED) is 0.572. The number of aryl methyl sites for hydroxylation is 1. The molecule has 2 aromatic carbocycles. The summed E-state index contributed by atoms with van der Waals surface area (Å²) in [5, 5.41) is 5.29. The molecule has 0 aliphatic rings. The molecule has 0 amide bonds. The number of rotatable bonds is 4. The zero-order chi connectivity index (χ0) is 20.4. The second-order valence-corrected chi connectivity index (χ2v) is 6.70. The first-order valence-electron chi connectivity index (χ1n) is 8.20. The zero-order valence-electron chi connectivity index (χ0n) is 15.3. The molecule has 0 bridgehead atoms. The molecule has 1 heterocycles. The van der Waals surface area contributed by atoms with Crippen molar-refractivity contribution in [3.63, 3.8) is 0 Å². The predicted molar refractivity (Wildman–Crippen MR) is 106 cm³/mol. The van der Waals surface area contributed by atoms with Gasteiger partial charge < -0.3 is 9.47 Å². The Morgan fingerprint density at radius 2 is 1.64 bits per heavy atom. The molecule has 8 heteroatoms. The van der Waals surface area contributed by atoms with Crippen LogP contribution in [0.1, 0.15) is 26.4 Å². The van der Waals surface area contributed by atoms with E-state index in [4.69, 9.17) is 32.7 Å². The van der Waals surface area contributed by atoms with Crippen molar-refractivity contribution < 1.29 is 19.1 Å². The van der Waals surface area contributed by atoms with Crippen molar-refractivity contribution >= 4 is 35.1 Å². The lowest BCUT2D eigenvalue weighted by molar-refractivity contribution is 0.0549. The van der Waals surface area contributed by atoms with Crippen molar-refractivity contribution in [1.29, 1.82) is 0 Å². The number of methoxy groups -OCH3 is 2. The number of esters is 2. The van der Waals surface area contributed by atoms with Crippen LogP contribution in [0.5, 0.6) is 0 Å². The van der Waals surface area contributed by atoms with E-state index in [1.165, 1.54) is 18.9 Å². The van der Waals surface area contributed by atoms with E-state index >= 15 is 0 Å². The number of nitrogens with zero attached hydrogens (tertiary/aromatic N) is 2. The largest absolute Gasteiger partial charge is 0.465 e. The minimum absolute atomic E-state index is 0.0539. The number of aromatic nitrogens is 2. The lowest BCUT2D eigenvalue weighted by Crippen LogP contribution is -2.15. The van der Waals surface area contributed by atoms with Gasteiger partial charge in [0.05, 0.1) is 24.9 Å². The average Bonchev–Trinajstić information content (AvgIpc) is 3.10. The molecule has 3 rings (SSSR count). The van der Waals surface area contributed by atoms with Crippen LogP contribution < -0.4 is 0 Å². The Morgan fingerprint density at radius 1 is 1.00 bits per heavy atom. The van der Waals surface area contributed by atoms with Crippen molar-refractivity contribution in [2.75, 3.05) is 14.2 Å². The third-order valence-corrected chi connectivity index (χ3v) is 4.85. The van der Waals surface area contributed by atoms with Gasteiger partial charge >= 0.3 is 11.9 Å². The molecule has 6 nitrogen and oxygen atoms in total. The smallest absolute Gasteiger partial charge is 0.357 e. The number of hydrogen-bond acceptors (Lipinski definition) is 5. The van der Waals surface area contributed by atoms with E-state index in [2.05, 4.69) is 5.10 Å². The van der Waals surface area contributed by atoms with Crippen molar-refractivity contribution in [2.24, 2.45) is 0 Å². The third kappa shape index (κ3) is 3.48. The van der Waals surface area contributed by atoms with E-state index in [1.807, 2.05) is 6.07 Å². The highest BCUT2D eigenvalue weighted by atomic mass is 35.5. The molecule has 0 saturated heterocycles. The summed E-state index contributed by atoms with van der Waals surface area (Å²) in [6.45, 7) is 1.78. The van der Waals surface area contributed by atoms with Gasteiger partial charge in [0.25, 0.3) is 0 Å². The molecule has 0 aliphatic heterocycles. The fraction of sp³-hybridized carbons (Fsp3) is 0.150. The van der Waals surface area contributed by atoms with Gasteiger partial charge in [0.2, 0.25) is 0 Å². The number of carbonyl (C=O) groups excluding carboxylic acids is 2.